The van der Waals surface area contributed by atoms with Gasteiger partial charge in [0.1, 0.15) is 23.8 Å². The maximum Gasteiger partial charge on any atom is 0.255 e. The van der Waals surface area contributed by atoms with Crippen LogP contribution in [0.25, 0.3) is 16.9 Å². The van der Waals surface area contributed by atoms with E-state index in [2.05, 4.69) is 21.1 Å². The molecule has 0 aliphatic carbocycles. The molecule has 1 N–H and O–H groups in total. The molecular formula is C28H25N5O2. The van der Waals surface area contributed by atoms with Crippen molar-refractivity contribution in [1.29, 1.82) is 0 Å². The molecule has 2 aromatic carbocycles. The van der Waals surface area contributed by atoms with E-state index in [0.29, 0.717) is 17.9 Å². The molecule has 0 saturated heterocycles. The molecule has 4 heterocycles. The number of fused-ring (bicyclic) bond motifs is 2. The van der Waals surface area contributed by atoms with E-state index >= 15 is 0 Å². The maximum absolute atomic E-state index is 13.0. The smallest absolute Gasteiger partial charge is 0.255 e. The lowest BCUT2D eigenvalue weighted by Crippen LogP contribution is -2.12. The van der Waals surface area contributed by atoms with Gasteiger partial charge in [-0.25, -0.2) is 9.97 Å². The Balaban J connectivity index is 1.14. The summed E-state index contributed by atoms with van der Waals surface area (Å²) in [7, 11) is 0. The molecule has 3 aromatic heterocycles. The number of pyridine rings is 1. The zero-order chi connectivity index (χ0) is 23.6. The van der Waals surface area contributed by atoms with E-state index < -0.39 is 0 Å². The van der Waals surface area contributed by atoms with Crippen molar-refractivity contribution < 1.29 is 9.53 Å². The van der Waals surface area contributed by atoms with Gasteiger partial charge < -0.3 is 19.0 Å². The van der Waals surface area contributed by atoms with Gasteiger partial charge in [-0.2, -0.15) is 0 Å². The van der Waals surface area contributed by atoms with Crippen LogP contribution in [0.5, 0.6) is 5.75 Å². The van der Waals surface area contributed by atoms with Crippen LogP contribution in [0.1, 0.15) is 34.7 Å². The van der Waals surface area contributed by atoms with Crippen molar-refractivity contribution in [1.82, 2.24) is 18.9 Å². The van der Waals surface area contributed by atoms with E-state index in [1.54, 1.807) is 12.1 Å². The number of nitrogens with one attached hydrogen (secondary N) is 1. The number of nitrogens with zero attached hydrogens (tertiary/aromatic N) is 4. The number of carbonyl (C=O) groups excluding carboxylic acids is 1. The molecule has 0 unspecified atom stereocenters. The summed E-state index contributed by atoms with van der Waals surface area (Å²) in [6.07, 6.45) is 9.41. The van der Waals surface area contributed by atoms with Crippen molar-refractivity contribution in [2.45, 2.75) is 32.4 Å². The lowest BCUT2D eigenvalue weighted by molar-refractivity contribution is 0.102. The molecule has 6 rings (SSSR count). The minimum absolute atomic E-state index is 0.190. The predicted octanol–water partition coefficient (Wildman–Crippen LogP) is 5.37. The van der Waals surface area contributed by atoms with Crippen LogP contribution in [0, 0.1) is 0 Å². The number of hydrogen-bond donors (Lipinski definition) is 1. The molecule has 0 spiro atoms. The summed E-state index contributed by atoms with van der Waals surface area (Å²) in [5, 5.41) is 3.00. The maximum atomic E-state index is 13.0. The summed E-state index contributed by atoms with van der Waals surface area (Å²) in [5.74, 6) is 1.57. The second-order valence-electron chi connectivity index (χ2n) is 8.74. The van der Waals surface area contributed by atoms with E-state index in [4.69, 9.17) is 9.72 Å². The van der Waals surface area contributed by atoms with Gasteiger partial charge in [-0.3, -0.25) is 4.79 Å². The van der Waals surface area contributed by atoms with Gasteiger partial charge >= 0.3 is 0 Å². The molecule has 0 atom stereocenters. The van der Waals surface area contributed by atoms with Gasteiger partial charge in [-0.05, 0) is 55.3 Å². The number of ether oxygens (including phenoxy) is 1. The molecule has 7 heteroatoms. The fourth-order valence-corrected chi connectivity index (χ4v) is 4.45. The number of imidazole rings is 2. The number of hydrogen-bond acceptors (Lipinski definition) is 4. The number of amides is 1. The van der Waals surface area contributed by atoms with Crippen molar-refractivity contribution >= 4 is 17.2 Å². The number of rotatable bonds is 6. The van der Waals surface area contributed by atoms with Gasteiger partial charge in [-0.15, -0.1) is 0 Å². The third kappa shape index (κ3) is 4.53. The SMILES string of the molecule is O=C(Nc1cccc(-c2cn3c(n2)CCCC3)c1)c1cccc(OCc2cn3ccccc3n2)c1. The van der Waals surface area contributed by atoms with Crippen LogP contribution in [-0.4, -0.2) is 24.8 Å². The first-order valence-electron chi connectivity index (χ1n) is 11.8. The van der Waals surface area contributed by atoms with E-state index in [9.17, 15) is 4.79 Å². The van der Waals surface area contributed by atoms with Gasteiger partial charge in [-0.1, -0.05) is 24.3 Å². The Labute approximate surface area is 203 Å². The fourth-order valence-electron chi connectivity index (χ4n) is 4.45. The number of benzene rings is 2. The normalized spacial score (nSPS) is 12.9. The summed E-state index contributed by atoms with van der Waals surface area (Å²) >= 11 is 0. The fraction of sp³-hybridized carbons (Fsp3) is 0.179. The zero-order valence-corrected chi connectivity index (χ0v) is 19.2. The Morgan fingerprint density at radius 2 is 1.91 bits per heavy atom. The molecule has 1 aliphatic rings. The van der Waals surface area contributed by atoms with Gasteiger partial charge in [0.25, 0.3) is 5.91 Å². The van der Waals surface area contributed by atoms with Crippen molar-refractivity contribution in [2.75, 3.05) is 5.32 Å². The monoisotopic (exact) mass is 463 g/mol. The van der Waals surface area contributed by atoms with E-state index in [-0.39, 0.29) is 5.91 Å². The molecule has 1 aliphatic heterocycles. The van der Waals surface area contributed by atoms with E-state index in [1.807, 2.05) is 71.4 Å². The summed E-state index contributed by atoms with van der Waals surface area (Å²) in [4.78, 5) is 22.3. The van der Waals surface area contributed by atoms with Gasteiger partial charge in [0.2, 0.25) is 0 Å². The molecule has 0 saturated carbocycles. The van der Waals surface area contributed by atoms with E-state index in [1.165, 1.54) is 12.8 Å². The summed E-state index contributed by atoms with van der Waals surface area (Å²) in [6.45, 7) is 1.34. The van der Waals surface area contributed by atoms with E-state index in [0.717, 1.165) is 47.1 Å². The van der Waals surface area contributed by atoms with Gasteiger partial charge in [0, 0.05) is 48.4 Å². The van der Waals surface area contributed by atoms with Crippen LogP contribution in [0.3, 0.4) is 0 Å². The van der Waals surface area contributed by atoms with Crippen LogP contribution >= 0.6 is 0 Å². The first-order chi connectivity index (χ1) is 17.2. The van der Waals surface area contributed by atoms with Crippen molar-refractivity contribution in [3.05, 3.63) is 102 Å². The van der Waals surface area contributed by atoms with Crippen molar-refractivity contribution in [3.8, 4) is 17.0 Å². The Morgan fingerprint density at radius 1 is 0.971 bits per heavy atom. The Hall–Kier alpha value is -4.39. The molecule has 0 fully saturated rings. The highest BCUT2D eigenvalue weighted by atomic mass is 16.5. The van der Waals surface area contributed by atoms with Crippen LogP contribution in [0.4, 0.5) is 5.69 Å². The molecule has 0 radical (unpaired) electrons. The number of anilines is 1. The molecule has 7 nitrogen and oxygen atoms in total. The quantitative estimate of drug-likeness (QED) is 0.368. The standard InChI is InChI=1S/C28H25N5O2/c34-28(30-22-9-5-7-20(15-22)25-18-33-14-4-2-12-27(33)31-25)21-8-6-10-24(16-21)35-19-23-17-32-13-3-1-11-26(32)29-23/h1,3,5-11,13,15-18H,2,4,12,14,19H2,(H,30,34). The molecule has 35 heavy (non-hydrogen) atoms. The van der Waals surface area contributed by atoms with Crippen LogP contribution in [-0.2, 0) is 19.6 Å². The lowest BCUT2D eigenvalue weighted by Gasteiger charge is -2.11. The predicted molar refractivity (Wildman–Crippen MR) is 135 cm³/mol. The van der Waals surface area contributed by atoms with Crippen LogP contribution in [0.15, 0.2) is 85.3 Å². The van der Waals surface area contributed by atoms with Gasteiger partial charge in [0.15, 0.2) is 0 Å². The Kier molecular flexibility index (Phi) is 5.50. The first-order valence-corrected chi connectivity index (χ1v) is 11.8. The van der Waals surface area contributed by atoms with Gasteiger partial charge in [0.05, 0.1) is 11.4 Å². The van der Waals surface area contributed by atoms with Crippen LogP contribution in [0.2, 0.25) is 0 Å². The highest BCUT2D eigenvalue weighted by Crippen LogP contribution is 2.25. The average molecular weight is 464 g/mol. The summed E-state index contributed by atoms with van der Waals surface area (Å²) in [5.41, 5.74) is 4.89. The number of carbonyl (C=O) groups is 1. The molecular weight excluding hydrogens is 438 g/mol. The molecule has 0 bridgehead atoms. The summed E-state index contributed by atoms with van der Waals surface area (Å²) in [6, 6.07) is 20.9. The number of aromatic nitrogens is 4. The number of aryl methyl sites for hydroxylation is 2. The Morgan fingerprint density at radius 3 is 2.83 bits per heavy atom. The van der Waals surface area contributed by atoms with Crippen molar-refractivity contribution in [3.63, 3.8) is 0 Å². The topological polar surface area (TPSA) is 73.5 Å². The highest BCUT2D eigenvalue weighted by molar-refractivity contribution is 6.04. The Bertz CT molecular complexity index is 1460. The lowest BCUT2D eigenvalue weighted by atomic mass is 10.1. The van der Waals surface area contributed by atoms with Crippen LogP contribution < -0.4 is 10.1 Å². The molecule has 1 amide bonds. The minimum atomic E-state index is -0.190. The van der Waals surface area contributed by atoms with Crippen molar-refractivity contribution in [2.24, 2.45) is 0 Å². The average Bonchev–Trinajstić information content (AvgIpc) is 3.52. The first kappa shape index (κ1) is 21.2. The third-order valence-electron chi connectivity index (χ3n) is 6.22. The molecule has 174 valence electrons. The highest BCUT2D eigenvalue weighted by Gasteiger charge is 2.14. The third-order valence-corrected chi connectivity index (χ3v) is 6.22. The summed E-state index contributed by atoms with van der Waals surface area (Å²) < 4.78 is 10.1. The largest absolute Gasteiger partial charge is 0.487 e. The zero-order valence-electron chi connectivity index (χ0n) is 19.2. The minimum Gasteiger partial charge on any atom is -0.487 e. The molecule has 5 aromatic rings. The second kappa shape index (κ2) is 9.10. The second-order valence-corrected chi connectivity index (χ2v) is 8.74.